The number of halogens is 2. The van der Waals surface area contributed by atoms with Crippen LogP contribution in [0.4, 0.5) is 5.69 Å². The number of anilines is 1. The molecular formula is C27H31Cl2N3O4S. The van der Waals surface area contributed by atoms with Gasteiger partial charge >= 0.3 is 0 Å². The maximum Gasteiger partial charge on any atom is 0.244 e. The third-order valence-electron chi connectivity index (χ3n) is 6.10. The Morgan fingerprint density at radius 2 is 1.59 bits per heavy atom. The SMILES string of the molecule is CCCCNC(=O)C(C)N(Cc1c(Cl)cccc1Cl)C(=O)CN(c1cccc2ccccc12)S(C)(=O)=O. The Morgan fingerprint density at radius 1 is 0.973 bits per heavy atom. The van der Waals surface area contributed by atoms with E-state index in [1.165, 1.54) is 4.90 Å². The molecule has 0 aliphatic heterocycles. The Morgan fingerprint density at radius 3 is 2.24 bits per heavy atom. The Balaban J connectivity index is 2.00. The lowest BCUT2D eigenvalue weighted by molar-refractivity contribution is -0.139. The molecule has 0 saturated carbocycles. The molecule has 7 nitrogen and oxygen atoms in total. The lowest BCUT2D eigenvalue weighted by atomic mass is 10.1. The number of hydrogen-bond donors (Lipinski definition) is 1. The van der Waals surface area contributed by atoms with E-state index >= 15 is 0 Å². The monoisotopic (exact) mass is 563 g/mol. The van der Waals surface area contributed by atoms with Gasteiger partial charge in [0.25, 0.3) is 0 Å². The number of carbonyl (C=O) groups excluding carboxylic acids is 2. The molecule has 3 rings (SSSR count). The fourth-order valence-corrected chi connectivity index (χ4v) is 5.37. The quantitative estimate of drug-likeness (QED) is 0.323. The lowest BCUT2D eigenvalue weighted by Gasteiger charge is -2.32. The van der Waals surface area contributed by atoms with E-state index in [1.807, 2.05) is 31.2 Å². The van der Waals surface area contributed by atoms with Crippen LogP contribution in [-0.2, 0) is 26.2 Å². The van der Waals surface area contributed by atoms with Gasteiger partial charge in [0.1, 0.15) is 12.6 Å². The van der Waals surface area contributed by atoms with Gasteiger partial charge < -0.3 is 10.2 Å². The summed E-state index contributed by atoms with van der Waals surface area (Å²) in [7, 11) is -3.86. The summed E-state index contributed by atoms with van der Waals surface area (Å²) in [6.45, 7) is 3.53. The number of nitrogens with zero attached hydrogens (tertiary/aromatic N) is 2. The Bertz CT molecular complexity index is 1360. The van der Waals surface area contributed by atoms with Gasteiger partial charge in [-0.05, 0) is 36.9 Å². The van der Waals surface area contributed by atoms with E-state index in [2.05, 4.69) is 5.32 Å². The molecule has 37 heavy (non-hydrogen) atoms. The van der Waals surface area contributed by atoms with Gasteiger partial charge in [-0.3, -0.25) is 13.9 Å². The van der Waals surface area contributed by atoms with Crippen LogP contribution in [-0.4, -0.2) is 50.5 Å². The van der Waals surface area contributed by atoms with Crippen molar-refractivity contribution in [2.75, 3.05) is 23.7 Å². The number of benzene rings is 3. The average Bonchev–Trinajstić information content (AvgIpc) is 2.86. The smallest absolute Gasteiger partial charge is 0.244 e. The van der Waals surface area contributed by atoms with Crippen molar-refractivity contribution in [3.63, 3.8) is 0 Å². The van der Waals surface area contributed by atoms with Crippen molar-refractivity contribution in [1.82, 2.24) is 10.2 Å². The highest BCUT2D eigenvalue weighted by Gasteiger charge is 2.31. The summed E-state index contributed by atoms with van der Waals surface area (Å²) in [5.74, 6) is -0.909. The predicted octanol–water partition coefficient (Wildman–Crippen LogP) is 5.25. The highest BCUT2D eigenvalue weighted by atomic mass is 35.5. The zero-order valence-electron chi connectivity index (χ0n) is 21.1. The zero-order chi connectivity index (χ0) is 27.2. The predicted molar refractivity (Wildman–Crippen MR) is 151 cm³/mol. The summed E-state index contributed by atoms with van der Waals surface area (Å²) in [5, 5.41) is 5.06. The van der Waals surface area contributed by atoms with Crippen LogP contribution in [0.5, 0.6) is 0 Å². The molecule has 0 aliphatic rings. The molecule has 3 aromatic carbocycles. The maximum absolute atomic E-state index is 13.8. The lowest BCUT2D eigenvalue weighted by Crippen LogP contribution is -2.51. The van der Waals surface area contributed by atoms with Crippen LogP contribution < -0.4 is 9.62 Å². The van der Waals surface area contributed by atoms with E-state index in [0.717, 1.165) is 28.8 Å². The number of sulfonamides is 1. The molecule has 0 aliphatic carbocycles. The minimum Gasteiger partial charge on any atom is -0.354 e. The maximum atomic E-state index is 13.8. The first kappa shape index (κ1) is 28.8. The molecule has 0 spiro atoms. The summed E-state index contributed by atoms with van der Waals surface area (Å²) in [4.78, 5) is 28.0. The molecule has 0 heterocycles. The molecule has 198 valence electrons. The van der Waals surface area contributed by atoms with E-state index in [0.29, 0.717) is 33.2 Å². The molecule has 2 amide bonds. The molecule has 1 N–H and O–H groups in total. The number of carbonyl (C=O) groups is 2. The average molecular weight is 565 g/mol. The molecular weight excluding hydrogens is 533 g/mol. The topological polar surface area (TPSA) is 86.8 Å². The first-order chi connectivity index (χ1) is 17.5. The molecule has 0 aromatic heterocycles. The van der Waals surface area contributed by atoms with Crippen molar-refractivity contribution in [3.05, 3.63) is 76.3 Å². The van der Waals surface area contributed by atoms with E-state index in [9.17, 15) is 18.0 Å². The Kier molecular flexibility index (Phi) is 9.81. The fraction of sp³-hybridized carbons (Fsp3) is 0.333. The highest BCUT2D eigenvalue weighted by Crippen LogP contribution is 2.30. The van der Waals surface area contributed by atoms with Crippen molar-refractivity contribution in [2.45, 2.75) is 39.3 Å². The summed E-state index contributed by atoms with van der Waals surface area (Å²) < 4.78 is 26.9. The number of hydrogen-bond acceptors (Lipinski definition) is 4. The van der Waals surface area contributed by atoms with Crippen molar-refractivity contribution in [1.29, 1.82) is 0 Å². The molecule has 0 saturated heterocycles. The highest BCUT2D eigenvalue weighted by molar-refractivity contribution is 7.92. The number of fused-ring (bicyclic) bond motifs is 1. The molecule has 10 heteroatoms. The minimum atomic E-state index is -3.86. The second kappa shape index (κ2) is 12.6. The largest absolute Gasteiger partial charge is 0.354 e. The third-order valence-corrected chi connectivity index (χ3v) is 7.94. The van der Waals surface area contributed by atoms with Crippen molar-refractivity contribution < 1.29 is 18.0 Å². The summed E-state index contributed by atoms with van der Waals surface area (Å²) in [5.41, 5.74) is 0.855. The first-order valence-electron chi connectivity index (χ1n) is 12.0. The van der Waals surface area contributed by atoms with Crippen LogP contribution in [0, 0.1) is 0 Å². The Hall–Kier alpha value is -2.81. The summed E-state index contributed by atoms with van der Waals surface area (Å²) >= 11 is 12.8. The van der Waals surface area contributed by atoms with Gasteiger partial charge in [-0.25, -0.2) is 8.42 Å². The van der Waals surface area contributed by atoms with E-state index in [1.54, 1.807) is 43.3 Å². The number of unbranched alkanes of at least 4 members (excludes halogenated alkanes) is 1. The van der Waals surface area contributed by atoms with E-state index in [-0.39, 0.29) is 12.5 Å². The van der Waals surface area contributed by atoms with E-state index < -0.39 is 28.5 Å². The first-order valence-corrected chi connectivity index (χ1v) is 14.6. The number of rotatable bonds is 11. The summed E-state index contributed by atoms with van der Waals surface area (Å²) in [6.07, 6.45) is 2.75. The Labute approximate surface area is 228 Å². The van der Waals surface area contributed by atoms with Gasteiger partial charge in [0.15, 0.2) is 0 Å². The van der Waals surface area contributed by atoms with Gasteiger partial charge in [0, 0.05) is 34.1 Å². The minimum absolute atomic E-state index is 0.0627. The van der Waals surface area contributed by atoms with Gasteiger partial charge in [-0.1, -0.05) is 79.0 Å². The van der Waals surface area contributed by atoms with Gasteiger partial charge in [0.2, 0.25) is 21.8 Å². The number of amides is 2. The molecule has 0 bridgehead atoms. The molecule has 0 fully saturated rings. The third kappa shape index (κ3) is 7.15. The number of nitrogens with one attached hydrogen (secondary N) is 1. The van der Waals surface area contributed by atoms with Crippen LogP contribution in [0.15, 0.2) is 60.7 Å². The molecule has 1 atom stereocenters. The van der Waals surface area contributed by atoms with Crippen molar-refractivity contribution >= 4 is 61.5 Å². The van der Waals surface area contributed by atoms with Crippen molar-refractivity contribution in [2.24, 2.45) is 0 Å². The summed E-state index contributed by atoms with van der Waals surface area (Å²) in [6, 6.07) is 16.7. The van der Waals surface area contributed by atoms with Gasteiger partial charge in [0.05, 0.1) is 11.9 Å². The molecule has 3 aromatic rings. The second-order valence-electron chi connectivity index (χ2n) is 8.81. The van der Waals surface area contributed by atoms with Crippen LogP contribution in [0.2, 0.25) is 10.0 Å². The van der Waals surface area contributed by atoms with Crippen molar-refractivity contribution in [3.8, 4) is 0 Å². The fourth-order valence-electron chi connectivity index (χ4n) is 3.99. The zero-order valence-corrected chi connectivity index (χ0v) is 23.4. The van der Waals surface area contributed by atoms with E-state index in [4.69, 9.17) is 23.2 Å². The normalized spacial score (nSPS) is 12.2. The van der Waals surface area contributed by atoms with Gasteiger partial charge in [-0.15, -0.1) is 0 Å². The molecule has 1 unspecified atom stereocenters. The van der Waals surface area contributed by atoms with Crippen LogP contribution in [0.1, 0.15) is 32.3 Å². The van der Waals surface area contributed by atoms with Crippen LogP contribution in [0.25, 0.3) is 10.8 Å². The van der Waals surface area contributed by atoms with Crippen LogP contribution in [0.3, 0.4) is 0 Å². The standard InChI is InChI=1S/C27H31Cl2N3O4S/c1-4-5-16-30-27(34)19(2)31(17-22-23(28)13-9-14-24(22)29)26(33)18-32(37(3,35)36)25-15-8-11-20-10-6-7-12-21(20)25/h6-15,19H,4-5,16-18H2,1-3H3,(H,30,34). The second-order valence-corrected chi connectivity index (χ2v) is 11.5. The van der Waals surface area contributed by atoms with Crippen LogP contribution >= 0.6 is 23.2 Å². The molecule has 0 radical (unpaired) electrons. The van der Waals surface area contributed by atoms with Gasteiger partial charge in [-0.2, -0.15) is 0 Å².